The predicted octanol–water partition coefficient (Wildman–Crippen LogP) is 2.79. The van der Waals surface area contributed by atoms with Gasteiger partial charge in [-0.2, -0.15) is 0 Å². The third-order valence-electron chi connectivity index (χ3n) is 3.67. The van der Waals surface area contributed by atoms with Gasteiger partial charge < -0.3 is 15.5 Å². The quantitative estimate of drug-likeness (QED) is 0.684. The molecule has 0 aromatic carbocycles. The van der Waals surface area contributed by atoms with Crippen LogP contribution in [0.4, 0.5) is 10.7 Å². The van der Waals surface area contributed by atoms with E-state index in [2.05, 4.69) is 16.8 Å². The maximum Gasteiger partial charge on any atom is 0.174 e. The third-order valence-corrected chi connectivity index (χ3v) is 5.93. The number of thioether (sulfide) groups is 1. The van der Waals surface area contributed by atoms with Crippen molar-refractivity contribution >= 4 is 39.6 Å². The van der Waals surface area contributed by atoms with E-state index in [1.54, 1.807) is 23.1 Å². The van der Waals surface area contributed by atoms with Gasteiger partial charge in [-0.1, -0.05) is 6.92 Å². The first kappa shape index (κ1) is 15.7. The van der Waals surface area contributed by atoms with Gasteiger partial charge in [-0.25, -0.2) is 0 Å². The maximum atomic E-state index is 12.0. The summed E-state index contributed by atoms with van der Waals surface area (Å²) < 4.78 is 0. The molecule has 2 heterocycles. The van der Waals surface area contributed by atoms with Crippen LogP contribution in [0.5, 0.6) is 0 Å². The number of nitrogens with zero attached hydrogens (tertiary/aromatic N) is 2. The van der Waals surface area contributed by atoms with Gasteiger partial charge >= 0.3 is 0 Å². The van der Waals surface area contributed by atoms with Crippen molar-refractivity contribution in [2.75, 3.05) is 50.1 Å². The van der Waals surface area contributed by atoms with Gasteiger partial charge in [0, 0.05) is 26.1 Å². The van der Waals surface area contributed by atoms with Crippen molar-refractivity contribution in [1.82, 2.24) is 4.90 Å². The lowest BCUT2D eigenvalue weighted by atomic mass is 10.2. The van der Waals surface area contributed by atoms with Crippen molar-refractivity contribution in [3.8, 4) is 0 Å². The van der Waals surface area contributed by atoms with Crippen LogP contribution in [0.3, 0.4) is 0 Å². The summed E-state index contributed by atoms with van der Waals surface area (Å²) in [6.07, 6.45) is 3.70. The smallest absolute Gasteiger partial charge is 0.174 e. The van der Waals surface area contributed by atoms with E-state index in [9.17, 15) is 4.79 Å². The Hall–Kier alpha value is -0.720. The number of carbonyl (C=O) groups excluding carboxylic acids is 1. The molecule has 0 unspecified atom stereocenters. The molecule has 6 heteroatoms. The number of nitrogens with two attached hydrogens (primary N) is 1. The molecule has 0 radical (unpaired) electrons. The minimum absolute atomic E-state index is 0.154. The molecule has 4 nitrogen and oxygen atoms in total. The van der Waals surface area contributed by atoms with Crippen molar-refractivity contribution in [2.45, 2.75) is 24.7 Å². The number of carbonyl (C=O) groups is 1. The lowest BCUT2D eigenvalue weighted by molar-refractivity contribution is 0.0992. The Morgan fingerprint density at radius 2 is 2.10 bits per heavy atom. The van der Waals surface area contributed by atoms with Crippen LogP contribution in [0.15, 0.2) is 4.90 Å². The van der Waals surface area contributed by atoms with E-state index >= 15 is 0 Å². The zero-order valence-corrected chi connectivity index (χ0v) is 14.1. The number of ketones is 1. The zero-order valence-electron chi connectivity index (χ0n) is 12.4. The molecule has 1 saturated heterocycles. The number of thiophene rings is 1. The summed E-state index contributed by atoms with van der Waals surface area (Å²) in [5.74, 6) is 0.154. The summed E-state index contributed by atoms with van der Waals surface area (Å²) in [4.78, 5) is 18.6. The Kier molecular flexibility index (Phi) is 5.35. The van der Waals surface area contributed by atoms with Crippen LogP contribution in [-0.2, 0) is 0 Å². The van der Waals surface area contributed by atoms with Gasteiger partial charge in [-0.05, 0) is 26.3 Å². The number of Topliss-reactive ketones (excluding diaryl/α,β-unsaturated/α-hetero) is 1. The van der Waals surface area contributed by atoms with Gasteiger partial charge in [0.2, 0.25) is 0 Å². The van der Waals surface area contributed by atoms with Gasteiger partial charge in [0.1, 0.15) is 5.00 Å². The molecule has 1 aliphatic rings. The van der Waals surface area contributed by atoms with Gasteiger partial charge in [0.15, 0.2) is 5.78 Å². The van der Waals surface area contributed by atoms with Crippen LogP contribution in [0, 0.1) is 0 Å². The van der Waals surface area contributed by atoms with E-state index in [4.69, 9.17) is 5.73 Å². The Balaban J connectivity index is 2.32. The highest BCUT2D eigenvalue weighted by atomic mass is 32.2. The SMILES string of the molecule is CCC(=O)c1sc(N2CCCN(C)CC2)c(SC)c1N. The number of anilines is 2. The van der Waals surface area contributed by atoms with Crippen LogP contribution < -0.4 is 10.6 Å². The molecule has 1 aromatic heterocycles. The fraction of sp³-hybridized carbons (Fsp3) is 0.643. The highest BCUT2D eigenvalue weighted by molar-refractivity contribution is 7.99. The molecule has 1 fully saturated rings. The minimum Gasteiger partial charge on any atom is -0.396 e. The summed E-state index contributed by atoms with van der Waals surface area (Å²) >= 11 is 3.22. The van der Waals surface area contributed by atoms with Crippen molar-refractivity contribution in [2.24, 2.45) is 0 Å². The molecule has 2 N–H and O–H groups in total. The molecule has 0 spiro atoms. The number of nitrogen functional groups attached to an aromatic ring is 1. The van der Waals surface area contributed by atoms with Crippen molar-refractivity contribution in [3.63, 3.8) is 0 Å². The van der Waals surface area contributed by atoms with E-state index in [0.29, 0.717) is 12.1 Å². The van der Waals surface area contributed by atoms with Crippen LogP contribution >= 0.6 is 23.1 Å². The van der Waals surface area contributed by atoms with Crippen molar-refractivity contribution in [3.05, 3.63) is 4.88 Å². The van der Waals surface area contributed by atoms with Gasteiger partial charge in [0.05, 0.1) is 15.5 Å². The largest absolute Gasteiger partial charge is 0.396 e. The average Bonchev–Trinajstić information content (AvgIpc) is 2.62. The lowest BCUT2D eigenvalue weighted by Gasteiger charge is -2.22. The second-order valence-electron chi connectivity index (χ2n) is 5.10. The Labute approximate surface area is 129 Å². The highest BCUT2D eigenvalue weighted by Gasteiger charge is 2.24. The van der Waals surface area contributed by atoms with Crippen molar-refractivity contribution in [1.29, 1.82) is 0 Å². The minimum atomic E-state index is 0.154. The molecular formula is C14H23N3OS2. The standard InChI is InChI=1S/C14H23N3OS2/c1-4-10(18)12-11(15)13(19-3)14(20-12)17-7-5-6-16(2)8-9-17/h4-9,15H2,1-3H3. The van der Waals surface area contributed by atoms with Crippen LogP contribution in [0.2, 0.25) is 0 Å². The fourth-order valence-corrected chi connectivity index (χ4v) is 4.68. The average molecular weight is 313 g/mol. The molecule has 112 valence electrons. The number of hydrogen-bond acceptors (Lipinski definition) is 6. The first-order valence-corrected chi connectivity index (χ1v) is 9.05. The fourth-order valence-electron chi connectivity index (χ4n) is 2.44. The second-order valence-corrected chi connectivity index (χ2v) is 6.92. The monoisotopic (exact) mass is 313 g/mol. The topological polar surface area (TPSA) is 49.6 Å². The summed E-state index contributed by atoms with van der Waals surface area (Å²) in [7, 11) is 2.16. The Bertz CT molecular complexity index is 487. The second kappa shape index (κ2) is 6.83. The molecule has 1 aromatic rings. The molecule has 0 aliphatic carbocycles. The van der Waals surface area contributed by atoms with E-state index < -0.39 is 0 Å². The first-order chi connectivity index (χ1) is 9.58. The van der Waals surface area contributed by atoms with Gasteiger partial charge in [0.25, 0.3) is 0 Å². The van der Waals surface area contributed by atoms with Crippen LogP contribution in [0.1, 0.15) is 29.4 Å². The summed E-state index contributed by atoms with van der Waals surface area (Å²) in [5, 5.41) is 1.18. The molecular weight excluding hydrogens is 290 g/mol. The summed E-state index contributed by atoms with van der Waals surface area (Å²) in [6.45, 7) is 6.12. The van der Waals surface area contributed by atoms with E-state index in [-0.39, 0.29) is 5.78 Å². The molecule has 0 atom stereocenters. The Morgan fingerprint density at radius 3 is 2.75 bits per heavy atom. The molecule has 0 bridgehead atoms. The number of rotatable bonds is 4. The van der Waals surface area contributed by atoms with Gasteiger partial charge in [-0.3, -0.25) is 4.79 Å². The third kappa shape index (κ3) is 3.13. The van der Waals surface area contributed by atoms with Crippen molar-refractivity contribution < 1.29 is 4.79 Å². The van der Waals surface area contributed by atoms with Gasteiger partial charge in [-0.15, -0.1) is 23.1 Å². The van der Waals surface area contributed by atoms with E-state index in [0.717, 1.165) is 42.4 Å². The summed E-state index contributed by atoms with van der Waals surface area (Å²) in [5.41, 5.74) is 6.88. The lowest BCUT2D eigenvalue weighted by Crippen LogP contribution is -2.28. The highest BCUT2D eigenvalue weighted by Crippen LogP contribution is 2.44. The number of hydrogen-bond donors (Lipinski definition) is 1. The normalized spacial score (nSPS) is 17.2. The molecule has 20 heavy (non-hydrogen) atoms. The maximum absolute atomic E-state index is 12.0. The molecule has 0 amide bonds. The van der Waals surface area contributed by atoms with Crippen LogP contribution in [0.25, 0.3) is 0 Å². The first-order valence-electron chi connectivity index (χ1n) is 7.01. The van der Waals surface area contributed by atoms with E-state index in [1.807, 2.05) is 13.2 Å². The predicted molar refractivity (Wildman–Crippen MR) is 89.5 cm³/mol. The van der Waals surface area contributed by atoms with Crippen LogP contribution in [-0.4, -0.2) is 50.2 Å². The molecule has 0 saturated carbocycles. The molecule has 1 aliphatic heterocycles. The zero-order chi connectivity index (χ0) is 14.7. The number of likely N-dealkylation sites (N-methyl/N-ethyl adjacent to an activating group) is 1. The molecule has 2 rings (SSSR count). The van der Waals surface area contributed by atoms with E-state index in [1.165, 1.54) is 5.00 Å². The Morgan fingerprint density at radius 1 is 1.35 bits per heavy atom. The summed E-state index contributed by atoms with van der Waals surface area (Å²) in [6, 6.07) is 0.